The van der Waals surface area contributed by atoms with E-state index in [-0.39, 0.29) is 23.6 Å². The Bertz CT molecular complexity index is 1610. The summed E-state index contributed by atoms with van der Waals surface area (Å²) < 4.78 is 19.8. The summed E-state index contributed by atoms with van der Waals surface area (Å²) in [5.41, 5.74) is 9.86. The van der Waals surface area contributed by atoms with E-state index in [9.17, 15) is 14.3 Å². The van der Waals surface area contributed by atoms with Crippen LogP contribution in [0.3, 0.4) is 0 Å². The topological polar surface area (TPSA) is 101 Å². The Labute approximate surface area is 243 Å². The number of hydrazine groups is 1. The van der Waals surface area contributed by atoms with Gasteiger partial charge in [0.15, 0.2) is 0 Å². The molecule has 0 bridgehead atoms. The molecule has 10 heteroatoms. The van der Waals surface area contributed by atoms with E-state index in [1.807, 2.05) is 24.3 Å². The molecule has 0 aromatic heterocycles. The van der Waals surface area contributed by atoms with Crippen molar-refractivity contribution in [1.82, 2.24) is 21.1 Å². The molecule has 4 aliphatic heterocycles. The molecule has 216 valence electrons. The minimum atomic E-state index is -0.581. The number of anilines is 2. The Morgan fingerprint density at radius 2 is 1.81 bits per heavy atom. The molecule has 1 saturated heterocycles. The lowest BCUT2D eigenvalue weighted by Crippen LogP contribution is -2.43. The van der Waals surface area contributed by atoms with Crippen LogP contribution in [0.4, 0.5) is 15.8 Å². The number of phenols is 1. The zero-order valence-corrected chi connectivity index (χ0v) is 23.5. The van der Waals surface area contributed by atoms with E-state index in [2.05, 4.69) is 56.4 Å². The van der Waals surface area contributed by atoms with Crippen molar-refractivity contribution in [2.75, 3.05) is 43.5 Å². The second-order valence-corrected chi connectivity index (χ2v) is 11.1. The maximum atomic E-state index is 14.5. The number of hydrogen-bond donors (Lipinski definition) is 5. The molecule has 4 aliphatic rings. The first-order valence-electron chi connectivity index (χ1n) is 14.2. The molecule has 0 aliphatic carbocycles. The Morgan fingerprint density at radius 1 is 1.02 bits per heavy atom. The van der Waals surface area contributed by atoms with Gasteiger partial charge in [-0.2, -0.15) is 0 Å². The van der Waals surface area contributed by atoms with Crippen LogP contribution in [0.1, 0.15) is 29.5 Å². The summed E-state index contributed by atoms with van der Waals surface area (Å²) >= 11 is 0. The number of methoxy groups -OCH3 is 1. The van der Waals surface area contributed by atoms with E-state index < -0.39 is 5.82 Å². The molecule has 7 rings (SSSR count). The summed E-state index contributed by atoms with van der Waals surface area (Å²) in [6.07, 6.45) is 0. The Kier molecular flexibility index (Phi) is 6.52. The van der Waals surface area contributed by atoms with E-state index >= 15 is 0 Å². The van der Waals surface area contributed by atoms with Crippen LogP contribution in [0.2, 0.25) is 0 Å². The monoisotopic (exact) mass is 568 g/mol. The highest BCUT2D eigenvalue weighted by Crippen LogP contribution is 2.50. The fourth-order valence-electron chi connectivity index (χ4n) is 6.49. The third-order valence-corrected chi connectivity index (χ3v) is 8.59. The predicted octanol–water partition coefficient (Wildman–Crippen LogP) is 3.62. The van der Waals surface area contributed by atoms with Crippen molar-refractivity contribution < 1.29 is 19.0 Å². The highest BCUT2D eigenvalue weighted by atomic mass is 19.1. The number of carbonyl (C=O) groups excluding carboxylic acids is 1. The number of amides is 1. The number of hydrogen-bond acceptors (Lipinski definition) is 8. The molecule has 4 heterocycles. The highest BCUT2D eigenvalue weighted by molar-refractivity contribution is 6.14. The minimum absolute atomic E-state index is 0.0661. The lowest BCUT2D eigenvalue weighted by atomic mass is 9.75. The van der Waals surface area contributed by atoms with Crippen LogP contribution in [0, 0.1) is 5.82 Å². The van der Waals surface area contributed by atoms with Crippen LogP contribution < -0.4 is 31.0 Å². The summed E-state index contributed by atoms with van der Waals surface area (Å²) in [5.74, 6) is 0.150. The Balaban J connectivity index is 1.31. The van der Waals surface area contributed by atoms with Crippen molar-refractivity contribution in [1.29, 1.82) is 0 Å². The summed E-state index contributed by atoms with van der Waals surface area (Å²) in [6, 6.07) is 18.0. The van der Waals surface area contributed by atoms with Crippen LogP contribution in [-0.4, -0.2) is 55.4 Å². The number of fused-ring (bicyclic) bond motifs is 4. The van der Waals surface area contributed by atoms with Gasteiger partial charge in [-0.1, -0.05) is 18.2 Å². The molecule has 3 aromatic rings. The van der Waals surface area contributed by atoms with Crippen LogP contribution in [0.5, 0.6) is 11.5 Å². The molecule has 2 unspecified atom stereocenters. The smallest absolute Gasteiger partial charge is 0.254 e. The third kappa shape index (κ3) is 4.53. The maximum absolute atomic E-state index is 14.5. The van der Waals surface area contributed by atoms with Gasteiger partial charge in [0.2, 0.25) is 0 Å². The summed E-state index contributed by atoms with van der Waals surface area (Å²) in [5, 5.41) is 22.3. The van der Waals surface area contributed by atoms with Crippen LogP contribution >= 0.6 is 0 Å². The molecular formula is C32H33FN6O3. The first kappa shape index (κ1) is 26.4. The Morgan fingerprint density at radius 3 is 2.55 bits per heavy atom. The zero-order valence-electron chi connectivity index (χ0n) is 23.5. The lowest BCUT2D eigenvalue weighted by molar-refractivity contribution is -0.113. The molecule has 5 N–H and O–H groups in total. The number of rotatable bonds is 5. The number of aromatic hydroxyl groups is 1. The quantitative estimate of drug-likeness (QED) is 0.318. The van der Waals surface area contributed by atoms with Gasteiger partial charge >= 0.3 is 0 Å². The number of dihydropyridines is 1. The maximum Gasteiger partial charge on any atom is 0.254 e. The first-order valence-corrected chi connectivity index (χ1v) is 14.2. The van der Waals surface area contributed by atoms with Gasteiger partial charge in [0.1, 0.15) is 23.1 Å². The van der Waals surface area contributed by atoms with Crippen LogP contribution in [0.15, 0.2) is 77.6 Å². The number of phenolic OH excluding ortho intramolecular Hbond substituents is 1. The SMILES string of the molecule is COc1ccc(CN2NC3=C(C4C(=C(c5cc(O)cc(F)c5)N3)C(=O)Nc3cc(N5CCNCC5)ccc34)C2C)cc1. The van der Waals surface area contributed by atoms with Gasteiger partial charge in [-0.25, -0.2) is 9.40 Å². The van der Waals surface area contributed by atoms with E-state index in [4.69, 9.17) is 4.74 Å². The van der Waals surface area contributed by atoms with Crippen molar-refractivity contribution in [3.63, 3.8) is 0 Å². The minimum Gasteiger partial charge on any atom is -0.508 e. The average Bonchev–Trinajstić information content (AvgIpc) is 3.31. The van der Waals surface area contributed by atoms with Gasteiger partial charge in [-0.3, -0.25) is 4.79 Å². The molecule has 0 saturated carbocycles. The third-order valence-electron chi connectivity index (χ3n) is 8.59. The van der Waals surface area contributed by atoms with E-state index in [1.54, 1.807) is 7.11 Å². The van der Waals surface area contributed by atoms with Gasteiger partial charge in [0.25, 0.3) is 5.91 Å². The van der Waals surface area contributed by atoms with Gasteiger partial charge in [0.05, 0.1) is 24.4 Å². The number of benzene rings is 3. The predicted molar refractivity (Wildman–Crippen MR) is 159 cm³/mol. The van der Waals surface area contributed by atoms with Gasteiger partial charge < -0.3 is 36.1 Å². The molecule has 2 atom stereocenters. The number of nitrogens with zero attached hydrogens (tertiary/aromatic N) is 2. The van der Waals surface area contributed by atoms with E-state index in [0.29, 0.717) is 23.4 Å². The van der Waals surface area contributed by atoms with Crippen molar-refractivity contribution in [3.05, 3.63) is 100 Å². The second kappa shape index (κ2) is 10.4. The standard InChI is InChI=1S/C32H33FN6O3/c1-18-27-28-25-8-5-22(38-11-9-34-10-12-38)16-26(25)35-32(41)29(28)30(20-13-21(33)15-23(40)14-20)36-31(27)37-39(18)17-19-3-6-24(42-2)7-4-19/h3-8,13-16,18,28,34,36-37,40H,9-12,17H2,1-2H3,(H,35,41). The number of carbonyl (C=O) groups is 1. The van der Waals surface area contributed by atoms with E-state index in [0.717, 1.165) is 71.9 Å². The van der Waals surface area contributed by atoms with Crippen LogP contribution in [-0.2, 0) is 11.3 Å². The molecule has 9 nitrogen and oxygen atoms in total. The number of ether oxygens (including phenoxy) is 1. The van der Waals surface area contributed by atoms with Gasteiger partial charge in [-0.05, 0) is 54.4 Å². The number of halogens is 1. The molecule has 1 fully saturated rings. The summed E-state index contributed by atoms with van der Waals surface area (Å²) in [4.78, 5) is 16.2. The molecule has 1 amide bonds. The van der Waals surface area contributed by atoms with Crippen molar-refractivity contribution in [3.8, 4) is 11.5 Å². The number of nitrogens with one attached hydrogen (secondary N) is 4. The number of piperazine rings is 1. The normalized spacial score (nSPS) is 21.7. The molecule has 42 heavy (non-hydrogen) atoms. The van der Waals surface area contributed by atoms with E-state index in [1.165, 1.54) is 12.1 Å². The van der Waals surface area contributed by atoms with Crippen molar-refractivity contribution in [2.24, 2.45) is 0 Å². The molecule has 0 spiro atoms. The molecule has 0 radical (unpaired) electrons. The second-order valence-electron chi connectivity index (χ2n) is 11.1. The van der Waals surface area contributed by atoms with Crippen molar-refractivity contribution in [2.45, 2.75) is 25.4 Å². The zero-order chi connectivity index (χ0) is 29.0. The summed E-state index contributed by atoms with van der Waals surface area (Å²) in [6.45, 7) is 6.36. The average molecular weight is 569 g/mol. The lowest BCUT2D eigenvalue weighted by Gasteiger charge is -2.37. The summed E-state index contributed by atoms with van der Waals surface area (Å²) in [7, 11) is 1.65. The van der Waals surface area contributed by atoms with Gasteiger partial charge in [-0.15, -0.1) is 0 Å². The fourth-order valence-corrected chi connectivity index (χ4v) is 6.49. The molecule has 3 aromatic carbocycles. The largest absolute Gasteiger partial charge is 0.508 e. The van der Waals surface area contributed by atoms with Crippen molar-refractivity contribution >= 4 is 23.0 Å². The van der Waals surface area contributed by atoms with Crippen LogP contribution in [0.25, 0.3) is 5.70 Å². The highest BCUT2D eigenvalue weighted by Gasteiger charge is 2.46. The fraction of sp³-hybridized carbons (Fsp3) is 0.281. The first-order chi connectivity index (χ1) is 20.4. The Hall–Kier alpha value is -4.54. The van der Waals surface area contributed by atoms with Gasteiger partial charge in [0, 0.05) is 67.2 Å². The molecular weight excluding hydrogens is 535 g/mol.